The maximum absolute atomic E-state index is 14.2. The molecule has 4 nitrogen and oxygen atoms in total. The fourth-order valence-corrected chi connectivity index (χ4v) is 8.81. The van der Waals surface area contributed by atoms with E-state index in [1.807, 2.05) is 6.26 Å². The second-order valence-electron chi connectivity index (χ2n) is 11.4. The zero-order valence-electron chi connectivity index (χ0n) is 21.6. The van der Waals surface area contributed by atoms with E-state index in [1.54, 1.807) is 11.8 Å². The number of fused-ring (bicyclic) bond motifs is 5. The number of thioether (sulfide) groups is 1. The molecule has 0 aliphatic heterocycles. The van der Waals surface area contributed by atoms with Crippen LogP contribution in [0.1, 0.15) is 73.6 Å². The van der Waals surface area contributed by atoms with E-state index in [1.165, 1.54) is 11.0 Å². The summed E-state index contributed by atoms with van der Waals surface area (Å²) >= 11 is 1.68. The Kier molecular flexibility index (Phi) is 7.27. The lowest BCUT2D eigenvalue weighted by atomic mass is 9.53. The minimum Gasteiger partial charge on any atom is -0.299 e. The number of hydrogen-bond acceptors (Lipinski definition) is 4. The van der Waals surface area contributed by atoms with Crippen molar-refractivity contribution >= 4 is 27.7 Å². The van der Waals surface area contributed by atoms with Gasteiger partial charge in [0.25, 0.3) is 10.1 Å². The molecule has 0 unspecified atom stereocenters. The molecule has 2 saturated carbocycles. The summed E-state index contributed by atoms with van der Waals surface area (Å²) in [6.45, 7) is 2.17. The van der Waals surface area contributed by atoms with Crippen molar-refractivity contribution in [1.29, 1.82) is 0 Å². The molecule has 0 amide bonds. The van der Waals surface area contributed by atoms with Crippen LogP contribution in [0.25, 0.3) is 0 Å². The lowest BCUT2D eigenvalue weighted by molar-refractivity contribution is -0.139. The Morgan fingerprint density at radius 2 is 1.82 bits per heavy atom. The van der Waals surface area contributed by atoms with Crippen molar-refractivity contribution in [2.45, 2.75) is 80.2 Å². The van der Waals surface area contributed by atoms with Crippen molar-refractivity contribution in [1.82, 2.24) is 0 Å². The molecule has 0 aromatic heterocycles. The highest BCUT2D eigenvalue weighted by Crippen LogP contribution is 2.64. The van der Waals surface area contributed by atoms with Crippen molar-refractivity contribution in [3.8, 4) is 0 Å². The van der Waals surface area contributed by atoms with Gasteiger partial charge in [-0.1, -0.05) is 19.1 Å². The monoisotopic (exact) mass is 566 g/mol. The average Bonchev–Trinajstić information content (AvgIpc) is 3.23. The third-order valence-corrected chi connectivity index (χ3v) is 11.2. The SMILES string of the molecule is CSc1ccc(CCC(=O)[C@H]2CC[C@H]3[C@@H]4CCc5cc(S(=O)(=O)O)cc(C(F)(F)F)c5[C@H]4CC[C@]23C)cc1. The third kappa shape index (κ3) is 4.94. The van der Waals surface area contributed by atoms with E-state index in [0.29, 0.717) is 50.2 Å². The van der Waals surface area contributed by atoms with E-state index in [2.05, 4.69) is 31.2 Å². The molecule has 0 heterocycles. The predicted octanol–water partition coefficient (Wildman–Crippen LogP) is 7.35. The summed E-state index contributed by atoms with van der Waals surface area (Å²) in [7, 11) is -4.76. The van der Waals surface area contributed by atoms with Crippen LogP contribution in [0.3, 0.4) is 0 Å². The Balaban J connectivity index is 1.38. The number of hydrogen-bond donors (Lipinski definition) is 1. The van der Waals surface area contributed by atoms with Gasteiger partial charge >= 0.3 is 6.18 Å². The second kappa shape index (κ2) is 9.97. The summed E-state index contributed by atoms with van der Waals surface area (Å²) < 4.78 is 75.3. The van der Waals surface area contributed by atoms with E-state index in [4.69, 9.17) is 0 Å². The fourth-order valence-electron chi connectivity index (χ4n) is 7.85. The molecule has 2 aromatic carbocycles. The maximum Gasteiger partial charge on any atom is 0.416 e. The standard InChI is InChI=1S/C29H33F3O4S2/c1-28-14-13-22-21(9-6-18-15-20(38(34,35)36)16-25(27(18)22)29(30,31)32)23(28)10-11-24(28)26(33)12-5-17-3-7-19(37-2)8-4-17/h3-4,7-8,15-16,21-24H,5-6,9-14H2,1-2H3,(H,34,35,36)/t21-,22+,23+,24-,28+/m1/s1. The van der Waals surface area contributed by atoms with Gasteiger partial charge in [-0.05, 0) is 115 Å². The molecule has 206 valence electrons. The first-order chi connectivity index (χ1) is 17.8. The van der Waals surface area contributed by atoms with Gasteiger partial charge in [0, 0.05) is 17.2 Å². The van der Waals surface area contributed by atoms with Gasteiger partial charge in [0.2, 0.25) is 0 Å². The lowest BCUT2D eigenvalue weighted by Crippen LogP contribution is -2.44. The average molecular weight is 567 g/mol. The summed E-state index contributed by atoms with van der Waals surface area (Å²) in [4.78, 5) is 13.9. The molecule has 2 fully saturated rings. The van der Waals surface area contributed by atoms with Crippen LogP contribution < -0.4 is 0 Å². The molecule has 3 aliphatic carbocycles. The van der Waals surface area contributed by atoms with Crippen molar-refractivity contribution < 1.29 is 30.9 Å². The third-order valence-electron chi connectivity index (χ3n) is 9.61. The summed E-state index contributed by atoms with van der Waals surface area (Å²) in [5, 5.41) is 0. The van der Waals surface area contributed by atoms with E-state index in [0.717, 1.165) is 18.4 Å². The van der Waals surface area contributed by atoms with Crippen LogP contribution in [0.2, 0.25) is 0 Å². The molecule has 2 aromatic rings. The highest BCUT2D eigenvalue weighted by Gasteiger charge is 2.57. The van der Waals surface area contributed by atoms with Gasteiger partial charge in [0.15, 0.2) is 0 Å². The van der Waals surface area contributed by atoms with Crippen LogP contribution in [-0.2, 0) is 33.9 Å². The van der Waals surface area contributed by atoms with Crippen LogP contribution in [0.5, 0.6) is 0 Å². The molecule has 3 aliphatic rings. The molecule has 0 bridgehead atoms. The highest BCUT2D eigenvalue weighted by atomic mass is 32.2. The van der Waals surface area contributed by atoms with Crippen LogP contribution >= 0.6 is 11.8 Å². The first kappa shape index (κ1) is 27.7. The molecule has 38 heavy (non-hydrogen) atoms. The van der Waals surface area contributed by atoms with Crippen molar-refractivity contribution in [3.63, 3.8) is 0 Å². The van der Waals surface area contributed by atoms with Gasteiger partial charge in [-0.15, -0.1) is 11.8 Å². The molecular formula is C29H33F3O4S2. The number of carbonyl (C=O) groups excluding carboxylic acids is 1. The number of Topliss-reactive ketones (excluding diaryl/α,β-unsaturated/α-hetero) is 1. The van der Waals surface area contributed by atoms with E-state index < -0.39 is 26.8 Å². The first-order valence-corrected chi connectivity index (χ1v) is 15.9. The number of aryl methyl sites for hydroxylation is 2. The van der Waals surface area contributed by atoms with E-state index in [-0.39, 0.29) is 40.4 Å². The Labute approximate surface area is 226 Å². The summed E-state index contributed by atoms with van der Waals surface area (Å²) in [5.74, 6) is 0.0340. The van der Waals surface area contributed by atoms with Crippen LogP contribution in [0.15, 0.2) is 46.2 Å². The van der Waals surface area contributed by atoms with Gasteiger partial charge in [-0.2, -0.15) is 21.6 Å². The smallest absolute Gasteiger partial charge is 0.299 e. The van der Waals surface area contributed by atoms with E-state index in [9.17, 15) is 30.9 Å². The predicted molar refractivity (Wildman–Crippen MR) is 141 cm³/mol. The van der Waals surface area contributed by atoms with Crippen molar-refractivity contribution in [2.75, 3.05) is 6.26 Å². The minimum atomic E-state index is -4.76. The molecule has 0 saturated heterocycles. The van der Waals surface area contributed by atoms with Gasteiger partial charge in [-0.3, -0.25) is 9.35 Å². The molecule has 5 rings (SSSR count). The molecular weight excluding hydrogens is 533 g/mol. The number of halogens is 3. The summed E-state index contributed by atoms with van der Waals surface area (Å²) in [6.07, 6.45) is 2.27. The Bertz CT molecular complexity index is 1340. The fraction of sp³-hybridized carbons (Fsp3) is 0.552. The Morgan fingerprint density at radius 3 is 2.45 bits per heavy atom. The first-order valence-electron chi connectivity index (χ1n) is 13.2. The number of alkyl halides is 3. The van der Waals surface area contributed by atoms with E-state index >= 15 is 0 Å². The lowest BCUT2D eigenvalue weighted by Gasteiger charge is -2.51. The van der Waals surface area contributed by atoms with Gasteiger partial charge < -0.3 is 0 Å². The quantitative estimate of drug-likeness (QED) is 0.292. The summed E-state index contributed by atoms with van der Waals surface area (Å²) in [5.41, 5.74) is 0.527. The maximum atomic E-state index is 14.2. The second-order valence-corrected chi connectivity index (χ2v) is 13.7. The molecule has 0 radical (unpaired) electrons. The summed E-state index contributed by atoms with van der Waals surface area (Å²) in [6, 6.07) is 10.1. The minimum absolute atomic E-state index is 0.0239. The van der Waals surface area contributed by atoms with Crippen LogP contribution in [0.4, 0.5) is 13.2 Å². The molecule has 0 spiro atoms. The topological polar surface area (TPSA) is 71.4 Å². The highest BCUT2D eigenvalue weighted by molar-refractivity contribution is 7.98. The molecule has 9 heteroatoms. The van der Waals surface area contributed by atoms with Crippen molar-refractivity contribution in [2.24, 2.45) is 23.2 Å². The number of carbonyl (C=O) groups is 1. The Morgan fingerprint density at radius 1 is 1.11 bits per heavy atom. The zero-order valence-corrected chi connectivity index (χ0v) is 23.2. The van der Waals surface area contributed by atoms with Gasteiger partial charge in [0.05, 0.1) is 10.5 Å². The number of benzene rings is 2. The zero-order chi connectivity index (χ0) is 27.5. The van der Waals surface area contributed by atoms with Crippen LogP contribution in [-0.4, -0.2) is 25.0 Å². The number of ketones is 1. The van der Waals surface area contributed by atoms with Crippen LogP contribution in [0, 0.1) is 23.2 Å². The normalized spacial score (nSPS) is 28.9. The molecule has 1 N–H and O–H groups in total. The van der Waals surface area contributed by atoms with Gasteiger partial charge in [-0.25, -0.2) is 0 Å². The van der Waals surface area contributed by atoms with Crippen molar-refractivity contribution in [3.05, 3.63) is 58.7 Å². The largest absolute Gasteiger partial charge is 0.416 e. The molecule has 5 atom stereocenters. The Hall–Kier alpha value is -1.84. The number of rotatable bonds is 6. The van der Waals surface area contributed by atoms with Gasteiger partial charge in [0.1, 0.15) is 5.78 Å².